The van der Waals surface area contributed by atoms with Gasteiger partial charge in [-0.05, 0) is 56.7 Å². The lowest BCUT2D eigenvalue weighted by Gasteiger charge is -2.33. The van der Waals surface area contributed by atoms with Gasteiger partial charge in [-0.15, -0.1) is 0 Å². The maximum Gasteiger partial charge on any atom is 0.265 e. The van der Waals surface area contributed by atoms with Crippen molar-refractivity contribution >= 4 is 39.1 Å². The van der Waals surface area contributed by atoms with E-state index >= 15 is 0 Å². The van der Waals surface area contributed by atoms with Crippen LogP contribution in [0, 0.1) is 0 Å². The summed E-state index contributed by atoms with van der Waals surface area (Å²) in [6.45, 7) is 4.44. The molecule has 13 heteroatoms. The highest BCUT2D eigenvalue weighted by atomic mass is 35.5. The Balaban J connectivity index is 2.18. The first-order chi connectivity index (χ1) is 20.9. The molecule has 3 aromatic carbocycles. The second kappa shape index (κ2) is 15.0. The summed E-state index contributed by atoms with van der Waals surface area (Å²) in [5, 5.41) is 3.21. The number of nitrogens with one attached hydrogen (secondary N) is 1. The molecule has 0 aromatic heterocycles. The number of halogens is 1. The molecule has 11 nitrogen and oxygen atoms in total. The third-order valence-corrected chi connectivity index (χ3v) is 8.90. The summed E-state index contributed by atoms with van der Waals surface area (Å²) in [4.78, 5) is 28.5. The number of hydrogen-bond donors (Lipinski definition) is 1. The molecule has 238 valence electrons. The van der Waals surface area contributed by atoms with Gasteiger partial charge in [-0.25, -0.2) is 8.42 Å². The second-order valence-corrected chi connectivity index (χ2v) is 12.3. The molecule has 0 bridgehead atoms. The van der Waals surface area contributed by atoms with Crippen LogP contribution >= 0.6 is 11.6 Å². The fraction of sp³-hybridized carbons (Fsp3) is 0.355. The van der Waals surface area contributed by atoms with Crippen molar-refractivity contribution in [3.63, 3.8) is 0 Å². The van der Waals surface area contributed by atoms with E-state index in [9.17, 15) is 18.0 Å². The van der Waals surface area contributed by atoms with Crippen molar-refractivity contribution in [1.82, 2.24) is 10.2 Å². The Morgan fingerprint density at radius 1 is 0.841 bits per heavy atom. The topological polar surface area (TPSA) is 124 Å². The molecule has 0 radical (unpaired) electrons. The SMILES string of the molecule is COc1ccc(OC)c(N(CC(=O)N(Cc2ccccc2Cl)C(C)C(=O)NC(C)C)S(=O)(=O)c2ccc(OC)c(OC)c2)c1. The molecular formula is C31H38ClN3O8S. The molecule has 0 saturated heterocycles. The minimum Gasteiger partial charge on any atom is -0.497 e. The van der Waals surface area contributed by atoms with E-state index in [1.54, 1.807) is 51.1 Å². The highest BCUT2D eigenvalue weighted by Gasteiger charge is 2.35. The number of ether oxygens (including phenoxy) is 4. The summed E-state index contributed by atoms with van der Waals surface area (Å²) in [7, 11) is 1.18. The average Bonchev–Trinajstić information content (AvgIpc) is 3.01. The van der Waals surface area contributed by atoms with Gasteiger partial charge in [0, 0.05) is 29.7 Å². The third kappa shape index (κ3) is 7.86. The van der Waals surface area contributed by atoms with Crippen LogP contribution in [0.15, 0.2) is 65.6 Å². The summed E-state index contributed by atoms with van der Waals surface area (Å²) in [6, 6.07) is 14.5. The Morgan fingerprint density at radius 3 is 2.07 bits per heavy atom. The zero-order valence-electron chi connectivity index (χ0n) is 25.8. The minimum atomic E-state index is -4.46. The van der Waals surface area contributed by atoms with Crippen LogP contribution in [0.4, 0.5) is 5.69 Å². The number of amides is 2. The fourth-order valence-corrected chi connectivity index (χ4v) is 6.04. The highest BCUT2D eigenvalue weighted by molar-refractivity contribution is 7.92. The Morgan fingerprint density at radius 2 is 1.48 bits per heavy atom. The summed E-state index contributed by atoms with van der Waals surface area (Å²) in [5.41, 5.74) is 0.631. The number of anilines is 1. The van der Waals surface area contributed by atoms with Gasteiger partial charge in [-0.3, -0.25) is 13.9 Å². The van der Waals surface area contributed by atoms with Gasteiger partial charge in [0.1, 0.15) is 24.1 Å². The fourth-order valence-electron chi connectivity index (χ4n) is 4.41. The van der Waals surface area contributed by atoms with Crippen molar-refractivity contribution < 1.29 is 37.0 Å². The number of benzene rings is 3. The molecule has 0 saturated carbocycles. The van der Waals surface area contributed by atoms with Gasteiger partial charge in [0.2, 0.25) is 11.8 Å². The molecular weight excluding hydrogens is 610 g/mol. The van der Waals surface area contributed by atoms with Crippen molar-refractivity contribution in [2.75, 3.05) is 39.3 Å². The van der Waals surface area contributed by atoms with Crippen LogP contribution in [-0.4, -0.2) is 72.2 Å². The average molecular weight is 648 g/mol. The van der Waals surface area contributed by atoms with Crippen molar-refractivity contribution in [2.45, 2.75) is 44.3 Å². The van der Waals surface area contributed by atoms with Gasteiger partial charge >= 0.3 is 0 Å². The zero-order chi connectivity index (χ0) is 32.6. The molecule has 0 aliphatic carbocycles. The molecule has 3 rings (SSSR count). The van der Waals surface area contributed by atoms with E-state index in [4.69, 9.17) is 30.5 Å². The minimum absolute atomic E-state index is 0.0481. The van der Waals surface area contributed by atoms with Crippen LogP contribution in [0.5, 0.6) is 23.0 Å². The van der Waals surface area contributed by atoms with Gasteiger partial charge < -0.3 is 29.2 Å². The standard InChI is InChI=1S/C31H38ClN3O8S/c1-20(2)33-31(37)21(3)34(18-22-10-8-9-11-25(22)32)30(36)19-35(26-16-23(40-4)12-14-27(26)41-5)44(38,39)24-13-15-28(42-6)29(17-24)43-7/h8-17,20-21H,18-19H2,1-7H3,(H,33,37). The monoisotopic (exact) mass is 647 g/mol. The predicted molar refractivity (Wildman–Crippen MR) is 168 cm³/mol. The van der Waals surface area contributed by atoms with Gasteiger partial charge in [-0.2, -0.15) is 0 Å². The summed E-state index contributed by atoms with van der Waals surface area (Å²) in [6.07, 6.45) is 0. The van der Waals surface area contributed by atoms with Crippen molar-refractivity contribution in [1.29, 1.82) is 0 Å². The van der Waals surface area contributed by atoms with Crippen molar-refractivity contribution in [3.8, 4) is 23.0 Å². The van der Waals surface area contributed by atoms with E-state index < -0.39 is 34.4 Å². The Labute approximate surface area is 263 Å². The van der Waals surface area contributed by atoms with Crippen molar-refractivity contribution in [3.05, 3.63) is 71.2 Å². The molecule has 3 aromatic rings. The lowest BCUT2D eigenvalue weighted by molar-refractivity contribution is -0.139. The molecule has 44 heavy (non-hydrogen) atoms. The quantitative estimate of drug-likeness (QED) is 0.271. The van der Waals surface area contributed by atoms with E-state index in [0.717, 1.165) is 4.31 Å². The van der Waals surface area contributed by atoms with Crippen molar-refractivity contribution in [2.24, 2.45) is 0 Å². The van der Waals surface area contributed by atoms with Crippen LogP contribution in [-0.2, 0) is 26.2 Å². The van der Waals surface area contributed by atoms with E-state index in [-0.39, 0.29) is 34.7 Å². The van der Waals surface area contributed by atoms with Gasteiger partial charge in [0.25, 0.3) is 10.0 Å². The van der Waals surface area contributed by atoms with Crippen LogP contribution in [0.1, 0.15) is 26.3 Å². The number of carbonyl (C=O) groups excluding carboxylic acids is 2. The first kappa shape index (κ1) is 34.3. The van der Waals surface area contributed by atoms with E-state index in [0.29, 0.717) is 22.1 Å². The smallest absolute Gasteiger partial charge is 0.265 e. The second-order valence-electron chi connectivity index (χ2n) is 10.0. The molecule has 0 fully saturated rings. The highest BCUT2D eigenvalue weighted by Crippen LogP contribution is 2.38. The van der Waals surface area contributed by atoms with Crippen LogP contribution in [0.2, 0.25) is 5.02 Å². The molecule has 0 aliphatic rings. The lowest BCUT2D eigenvalue weighted by Crippen LogP contribution is -2.52. The normalized spacial score (nSPS) is 11.8. The van der Waals surface area contributed by atoms with E-state index in [2.05, 4.69) is 5.32 Å². The molecule has 2 amide bonds. The molecule has 0 heterocycles. The molecule has 1 atom stereocenters. The summed E-state index contributed by atoms with van der Waals surface area (Å²) in [5.74, 6) is -0.0658. The number of nitrogens with zero attached hydrogens (tertiary/aromatic N) is 2. The number of methoxy groups -OCH3 is 4. The predicted octanol–water partition coefficient (Wildman–Crippen LogP) is 4.51. The number of hydrogen-bond acceptors (Lipinski definition) is 8. The zero-order valence-corrected chi connectivity index (χ0v) is 27.4. The molecule has 0 aliphatic heterocycles. The van der Waals surface area contributed by atoms with Crippen LogP contribution < -0.4 is 28.6 Å². The molecule has 1 unspecified atom stereocenters. The van der Waals surface area contributed by atoms with Gasteiger partial charge in [-0.1, -0.05) is 29.8 Å². The van der Waals surface area contributed by atoms with Crippen LogP contribution in [0.3, 0.4) is 0 Å². The Hall–Kier alpha value is -4.16. The lowest BCUT2D eigenvalue weighted by atomic mass is 10.1. The van der Waals surface area contributed by atoms with Gasteiger partial charge in [0.15, 0.2) is 11.5 Å². The Bertz CT molecular complexity index is 1580. The maximum absolute atomic E-state index is 14.4. The van der Waals surface area contributed by atoms with Gasteiger partial charge in [0.05, 0.1) is 39.0 Å². The van der Waals surface area contributed by atoms with Crippen LogP contribution in [0.25, 0.3) is 0 Å². The summed E-state index contributed by atoms with van der Waals surface area (Å²) >= 11 is 6.42. The number of sulfonamides is 1. The third-order valence-electron chi connectivity index (χ3n) is 6.77. The van der Waals surface area contributed by atoms with E-state index in [1.807, 2.05) is 0 Å². The number of rotatable bonds is 14. The Kier molecular flexibility index (Phi) is 11.7. The number of carbonyl (C=O) groups is 2. The van der Waals surface area contributed by atoms with E-state index in [1.165, 1.54) is 63.7 Å². The summed E-state index contributed by atoms with van der Waals surface area (Å²) < 4.78 is 51.1. The maximum atomic E-state index is 14.4. The molecule has 0 spiro atoms. The first-order valence-corrected chi connectivity index (χ1v) is 15.5. The first-order valence-electron chi connectivity index (χ1n) is 13.7. The largest absolute Gasteiger partial charge is 0.497 e. The molecule has 1 N–H and O–H groups in total.